The van der Waals surface area contributed by atoms with Gasteiger partial charge in [-0.1, -0.05) is 0 Å². The number of aromatic nitrogens is 2. The standard InChI is InChI=1S/C18H29N5O2/c1-13-11-16(17(21-20-13)22(2)3)19-18(24)23-8-4-5-15(12-23)14-6-9-25-10-7-14/h11,14-15H,4-10,12H2,1-3H3,(H,19,20,24)/t15-/m0/s1. The molecule has 3 heterocycles. The van der Waals surface area contributed by atoms with Crippen molar-refractivity contribution in [2.45, 2.75) is 32.6 Å². The molecular formula is C18H29N5O2. The normalized spacial score (nSPS) is 21.9. The van der Waals surface area contributed by atoms with Gasteiger partial charge in [0.1, 0.15) is 0 Å². The SMILES string of the molecule is Cc1cc(NC(=O)N2CCC[C@H](C3CCOCC3)C2)c(N(C)C)nn1. The first-order chi connectivity index (χ1) is 12.0. The molecule has 2 fully saturated rings. The van der Waals surface area contributed by atoms with Crippen molar-refractivity contribution in [3.8, 4) is 0 Å². The number of carbonyl (C=O) groups excluding carboxylic acids is 1. The molecule has 0 radical (unpaired) electrons. The van der Waals surface area contributed by atoms with Crippen LogP contribution < -0.4 is 10.2 Å². The Hall–Kier alpha value is -1.89. The third-order valence-electron chi connectivity index (χ3n) is 5.24. The molecular weight excluding hydrogens is 318 g/mol. The molecule has 2 saturated heterocycles. The molecule has 0 spiro atoms. The molecule has 2 amide bonds. The van der Waals surface area contributed by atoms with Gasteiger partial charge in [0.2, 0.25) is 0 Å². The molecule has 0 saturated carbocycles. The smallest absolute Gasteiger partial charge is 0.321 e. The zero-order chi connectivity index (χ0) is 17.8. The number of piperidine rings is 1. The third-order valence-corrected chi connectivity index (χ3v) is 5.24. The number of anilines is 2. The first kappa shape index (κ1) is 17.9. The maximum atomic E-state index is 12.8. The number of ether oxygens (including phenoxy) is 1. The topological polar surface area (TPSA) is 70.6 Å². The van der Waals surface area contributed by atoms with Crippen LogP contribution in [-0.2, 0) is 4.74 Å². The summed E-state index contributed by atoms with van der Waals surface area (Å²) in [7, 11) is 3.80. The molecule has 7 nitrogen and oxygen atoms in total. The molecule has 2 aliphatic heterocycles. The maximum Gasteiger partial charge on any atom is 0.321 e. The molecule has 0 bridgehead atoms. The number of nitrogens with one attached hydrogen (secondary N) is 1. The van der Waals surface area contributed by atoms with Gasteiger partial charge in [-0.05, 0) is 50.5 Å². The second-order valence-electron chi connectivity index (χ2n) is 7.35. The van der Waals surface area contributed by atoms with Crippen molar-refractivity contribution in [3.05, 3.63) is 11.8 Å². The molecule has 1 aromatic rings. The third kappa shape index (κ3) is 4.39. The van der Waals surface area contributed by atoms with Gasteiger partial charge in [0.15, 0.2) is 5.82 Å². The Morgan fingerprint density at radius 2 is 2.00 bits per heavy atom. The molecule has 25 heavy (non-hydrogen) atoms. The zero-order valence-electron chi connectivity index (χ0n) is 15.5. The second kappa shape index (κ2) is 7.99. The fraction of sp³-hybridized carbons (Fsp3) is 0.722. The predicted octanol–water partition coefficient (Wildman–Crippen LogP) is 2.52. The molecule has 1 atom stereocenters. The van der Waals surface area contributed by atoms with E-state index in [9.17, 15) is 4.79 Å². The molecule has 0 aromatic carbocycles. The number of likely N-dealkylation sites (tertiary alicyclic amines) is 1. The number of urea groups is 1. The molecule has 2 aliphatic rings. The van der Waals surface area contributed by atoms with Crippen LogP contribution in [0.15, 0.2) is 6.07 Å². The van der Waals surface area contributed by atoms with Crippen molar-refractivity contribution in [2.24, 2.45) is 11.8 Å². The lowest BCUT2D eigenvalue weighted by atomic mass is 9.81. The minimum atomic E-state index is -0.0349. The molecule has 7 heteroatoms. The second-order valence-corrected chi connectivity index (χ2v) is 7.35. The Labute approximate surface area is 149 Å². The Kier molecular flexibility index (Phi) is 5.73. The van der Waals surface area contributed by atoms with Crippen LogP contribution in [0.3, 0.4) is 0 Å². The largest absolute Gasteiger partial charge is 0.381 e. The summed E-state index contributed by atoms with van der Waals surface area (Å²) in [4.78, 5) is 16.6. The van der Waals surface area contributed by atoms with Gasteiger partial charge in [0.25, 0.3) is 0 Å². The van der Waals surface area contributed by atoms with Crippen LogP contribution in [0.5, 0.6) is 0 Å². The van der Waals surface area contributed by atoms with E-state index in [2.05, 4.69) is 15.5 Å². The van der Waals surface area contributed by atoms with Crippen LogP contribution in [0, 0.1) is 18.8 Å². The van der Waals surface area contributed by atoms with Gasteiger partial charge in [0.05, 0.1) is 11.4 Å². The highest BCUT2D eigenvalue weighted by Gasteiger charge is 2.30. The van der Waals surface area contributed by atoms with Crippen LogP contribution in [0.25, 0.3) is 0 Å². The Balaban J connectivity index is 1.65. The quantitative estimate of drug-likeness (QED) is 0.910. The van der Waals surface area contributed by atoms with E-state index in [1.165, 1.54) is 6.42 Å². The van der Waals surface area contributed by atoms with Crippen LogP contribution in [0.1, 0.15) is 31.4 Å². The van der Waals surface area contributed by atoms with E-state index in [1.54, 1.807) is 0 Å². The van der Waals surface area contributed by atoms with E-state index in [0.29, 0.717) is 17.7 Å². The van der Waals surface area contributed by atoms with Crippen molar-refractivity contribution in [3.63, 3.8) is 0 Å². The van der Waals surface area contributed by atoms with E-state index in [1.807, 2.05) is 36.9 Å². The monoisotopic (exact) mass is 347 g/mol. The highest BCUT2D eigenvalue weighted by atomic mass is 16.5. The minimum Gasteiger partial charge on any atom is -0.381 e. The highest BCUT2D eigenvalue weighted by Crippen LogP contribution is 2.31. The summed E-state index contributed by atoms with van der Waals surface area (Å²) in [6.45, 7) is 5.26. The molecule has 0 aliphatic carbocycles. The van der Waals surface area contributed by atoms with Crippen molar-refractivity contribution in [1.29, 1.82) is 0 Å². The van der Waals surface area contributed by atoms with Crippen molar-refractivity contribution in [1.82, 2.24) is 15.1 Å². The summed E-state index contributed by atoms with van der Waals surface area (Å²) >= 11 is 0. The number of hydrogen-bond acceptors (Lipinski definition) is 5. The van der Waals surface area contributed by atoms with Gasteiger partial charge in [-0.15, -0.1) is 5.10 Å². The average molecular weight is 347 g/mol. The molecule has 3 rings (SSSR count). The predicted molar refractivity (Wildman–Crippen MR) is 98.0 cm³/mol. The number of rotatable bonds is 3. The lowest BCUT2D eigenvalue weighted by molar-refractivity contribution is 0.0322. The fourth-order valence-corrected chi connectivity index (χ4v) is 3.87. The van der Waals surface area contributed by atoms with E-state index < -0.39 is 0 Å². The number of amides is 2. The van der Waals surface area contributed by atoms with E-state index in [0.717, 1.165) is 56.9 Å². The van der Waals surface area contributed by atoms with Gasteiger partial charge in [-0.3, -0.25) is 0 Å². The molecule has 0 unspecified atom stereocenters. The summed E-state index contributed by atoms with van der Waals surface area (Å²) in [5.74, 6) is 1.96. The summed E-state index contributed by atoms with van der Waals surface area (Å²) in [6, 6.07) is 1.84. The van der Waals surface area contributed by atoms with Gasteiger partial charge < -0.3 is 19.9 Å². The summed E-state index contributed by atoms with van der Waals surface area (Å²) in [6.07, 6.45) is 4.54. The van der Waals surface area contributed by atoms with Gasteiger partial charge in [-0.2, -0.15) is 5.10 Å². The van der Waals surface area contributed by atoms with Crippen molar-refractivity contribution in [2.75, 3.05) is 50.6 Å². The van der Waals surface area contributed by atoms with E-state index in [-0.39, 0.29) is 6.03 Å². The van der Waals surface area contributed by atoms with Gasteiger partial charge in [0, 0.05) is 40.4 Å². The maximum absolute atomic E-state index is 12.8. The zero-order valence-corrected chi connectivity index (χ0v) is 15.5. The van der Waals surface area contributed by atoms with E-state index >= 15 is 0 Å². The van der Waals surface area contributed by atoms with Crippen LogP contribution in [-0.4, -0.2) is 61.5 Å². The van der Waals surface area contributed by atoms with Crippen molar-refractivity contribution < 1.29 is 9.53 Å². The number of aryl methyl sites for hydroxylation is 1. The van der Waals surface area contributed by atoms with Gasteiger partial charge >= 0.3 is 6.03 Å². The number of nitrogens with zero attached hydrogens (tertiary/aromatic N) is 4. The summed E-state index contributed by atoms with van der Waals surface area (Å²) in [5.41, 5.74) is 1.51. The number of hydrogen-bond donors (Lipinski definition) is 1. The van der Waals surface area contributed by atoms with Crippen LogP contribution in [0.2, 0.25) is 0 Å². The van der Waals surface area contributed by atoms with E-state index in [4.69, 9.17) is 4.74 Å². The first-order valence-electron chi connectivity index (χ1n) is 9.20. The molecule has 138 valence electrons. The van der Waals surface area contributed by atoms with Gasteiger partial charge in [-0.25, -0.2) is 4.79 Å². The molecule has 1 aromatic heterocycles. The van der Waals surface area contributed by atoms with Crippen LogP contribution >= 0.6 is 0 Å². The lowest BCUT2D eigenvalue weighted by Crippen LogP contribution is -2.45. The lowest BCUT2D eigenvalue weighted by Gasteiger charge is -2.38. The van der Waals surface area contributed by atoms with Crippen molar-refractivity contribution >= 4 is 17.5 Å². The Morgan fingerprint density at radius 1 is 1.24 bits per heavy atom. The average Bonchev–Trinajstić information content (AvgIpc) is 2.62. The summed E-state index contributed by atoms with van der Waals surface area (Å²) < 4.78 is 5.48. The highest BCUT2D eigenvalue weighted by molar-refractivity contribution is 5.92. The minimum absolute atomic E-state index is 0.0349. The Bertz CT molecular complexity index is 601. The Morgan fingerprint density at radius 3 is 2.72 bits per heavy atom. The molecule has 1 N–H and O–H groups in total. The summed E-state index contributed by atoms with van der Waals surface area (Å²) in [5, 5.41) is 11.3. The fourth-order valence-electron chi connectivity index (χ4n) is 3.87. The van der Waals surface area contributed by atoms with Crippen LogP contribution in [0.4, 0.5) is 16.3 Å². The number of carbonyl (C=O) groups is 1. The first-order valence-corrected chi connectivity index (χ1v) is 9.20.